The van der Waals surface area contributed by atoms with Gasteiger partial charge in [-0.15, -0.1) is 0 Å². The lowest BCUT2D eigenvalue weighted by atomic mass is 10.2. The van der Waals surface area contributed by atoms with Crippen LogP contribution in [0, 0.1) is 6.92 Å². The highest BCUT2D eigenvalue weighted by atomic mass is 35.5. The number of fused-ring (bicyclic) bond motifs is 1. The van der Waals surface area contributed by atoms with E-state index in [-0.39, 0.29) is 10.8 Å². The fraction of sp³-hybridized carbons (Fsp3) is 0.100. The summed E-state index contributed by atoms with van der Waals surface area (Å²) in [5.74, 6) is 0.0133. The third-order valence-electron chi connectivity index (χ3n) is 2.06. The number of phenolic OH excluding ortho intramolecular Hbond substituents is 1. The van der Waals surface area contributed by atoms with E-state index in [1.807, 2.05) is 0 Å². The van der Waals surface area contributed by atoms with Gasteiger partial charge in [-0.05, 0) is 19.1 Å². The largest absolute Gasteiger partial charge is 0.507 e. The predicted molar refractivity (Wildman–Crippen MR) is 53.9 cm³/mol. The molecule has 0 saturated heterocycles. The number of phenols is 1. The maximum Gasteiger partial charge on any atom is 0.340 e. The summed E-state index contributed by atoms with van der Waals surface area (Å²) >= 11 is 5.92. The van der Waals surface area contributed by atoms with Gasteiger partial charge in [0, 0.05) is 0 Å². The molecule has 0 aliphatic heterocycles. The zero-order valence-corrected chi connectivity index (χ0v) is 8.13. The van der Waals surface area contributed by atoms with Crippen LogP contribution >= 0.6 is 11.6 Å². The summed E-state index contributed by atoms with van der Waals surface area (Å²) in [5.41, 5.74) is 0.124. The second-order valence-electron chi connectivity index (χ2n) is 2.98. The summed E-state index contributed by atoms with van der Waals surface area (Å²) in [5, 5.41) is 10.1. The van der Waals surface area contributed by atoms with Gasteiger partial charge in [0.25, 0.3) is 0 Å². The van der Waals surface area contributed by atoms with Crippen molar-refractivity contribution in [1.82, 2.24) is 0 Å². The summed E-state index contributed by atoms with van der Waals surface area (Å²) < 4.78 is 4.95. The van der Waals surface area contributed by atoms with Crippen molar-refractivity contribution < 1.29 is 9.52 Å². The lowest BCUT2D eigenvalue weighted by molar-refractivity contribution is 0.478. The lowest BCUT2D eigenvalue weighted by Gasteiger charge is -2.03. The normalized spacial score (nSPS) is 10.7. The minimum atomic E-state index is -0.479. The fourth-order valence-electron chi connectivity index (χ4n) is 1.28. The minimum absolute atomic E-state index is 0.0133. The molecule has 1 aromatic heterocycles. The molecule has 4 heteroatoms. The molecule has 72 valence electrons. The van der Waals surface area contributed by atoms with Crippen molar-refractivity contribution in [3.8, 4) is 5.75 Å². The summed E-state index contributed by atoms with van der Waals surface area (Å²) in [6.07, 6.45) is 0. The molecule has 0 aliphatic carbocycles. The van der Waals surface area contributed by atoms with Gasteiger partial charge in [0.1, 0.15) is 11.3 Å². The van der Waals surface area contributed by atoms with Gasteiger partial charge in [0.05, 0.1) is 16.0 Å². The molecule has 0 unspecified atom stereocenters. The zero-order valence-electron chi connectivity index (χ0n) is 7.37. The molecule has 0 amide bonds. The Morgan fingerprint density at radius 3 is 2.86 bits per heavy atom. The molecule has 14 heavy (non-hydrogen) atoms. The first kappa shape index (κ1) is 9.09. The first-order chi connectivity index (χ1) is 6.61. The third kappa shape index (κ3) is 1.17. The number of benzene rings is 1. The van der Waals surface area contributed by atoms with E-state index in [4.69, 9.17) is 16.0 Å². The van der Waals surface area contributed by atoms with Gasteiger partial charge >= 0.3 is 5.63 Å². The summed E-state index contributed by atoms with van der Waals surface area (Å²) in [6.45, 7) is 1.56. The van der Waals surface area contributed by atoms with Crippen LogP contribution in [0.4, 0.5) is 0 Å². The first-order valence-electron chi connectivity index (χ1n) is 4.02. The number of hydrogen-bond acceptors (Lipinski definition) is 3. The van der Waals surface area contributed by atoms with E-state index < -0.39 is 5.63 Å². The minimum Gasteiger partial charge on any atom is -0.507 e. The second-order valence-corrected chi connectivity index (χ2v) is 3.36. The molecule has 0 spiro atoms. The van der Waals surface area contributed by atoms with Crippen LogP contribution in [0.2, 0.25) is 5.02 Å². The predicted octanol–water partition coefficient (Wildman–Crippen LogP) is 2.46. The topological polar surface area (TPSA) is 50.4 Å². The molecule has 1 heterocycles. The van der Waals surface area contributed by atoms with Gasteiger partial charge in [-0.3, -0.25) is 0 Å². The smallest absolute Gasteiger partial charge is 0.340 e. The monoisotopic (exact) mass is 210 g/mol. The van der Waals surface area contributed by atoms with Crippen LogP contribution in [0.25, 0.3) is 11.0 Å². The van der Waals surface area contributed by atoms with Crippen molar-refractivity contribution in [2.75, 3.05) is 0 Å². The van der Waals surface area contributed by atoms with E-state index in [2.05, 4.69) is 0 Å². The van der Waals surface area contributed by atoms with Crippen molar-refractivity contribution >= 4 is 22.6 Å². The molecule has 1 aromatic carbocycles. The van der Waals surface area contributed by atoms with Gasteiger partial charge in [-0.25, -0.2) is 4.79 Å². The van der Waals surface area contributed by atoms with Gasteiger partial charge in [0.2, 0.25) is 0 Å². The Labute approximate surface area is 84.5 Å². The summed E-state index contributed by atoms with van der Waals surface area (Å²) in [7, 11) is 0. The number of hydrogen-bond donors (Lipinski definition) is 1. The number of rotatable bonds is 0. The van der Waals surface area contributed by atoms with E-state index in [0.29, 0.717) is 16.5 Å². The third-order valence-corrected chi connectivity index (χ3v) is 2.53. The number of halogens is 1. The molecule has 0 atom stereocenters. The highest BCUT2D eigenvalue weighted by Gasteiger charge is 2.11. The fourth-order valence-corrected chi connectivity index (χ4v) is 1.55. The molecular formula is C10H7ClO3. The number of aromatic hydroxyl groups is 1. The van der Waals surface area contributed by atoms with Crippen LogP contribution in [0.1, 0.15) is 5.56 Å². The molecule has 2 aromatic rings. The SMILES string of the molecule is Cc1c(Cl)c2c(O)cccc2oc1=O. The van der Waals surface area contributed by atoms with Crippen molar-refractivity contribution in [2.24, 2.45) is 0 Å². The van der Waals surface area contributed by atoms with Crippen molar-refractivity contribution in [3.63, 3.8) is 0 Å². The first-order valence-corrected chi connectivity index (χ1v) is 4.40. The molecule has 1 N–H and O–H groups in total. The molecule has 0 bridgehead atoms. The Balaban J connectivity index is 3.07. The summed E-state index contributed by atoms with van der Waals surface area (Å²) in [4.78, 5) is 11.2. The van der Waals surface area contributed by atoms with E-state index >= 15 is 0 Å². The quantitative estimate of drug-likeness (QED) is 0.680. The lowest BCUT2D eigenvalue weighted by Crippen LogP contribution is -2.03. The van der Waals surface area contributed by atoms with Gasteiger partial charge < -0.3 is 9.52 Å². The van der Waals surface area contributed by atoms with Crippen molar-refractivity contribution in [2.45, 2.75) is 6.92 Å². The van der Waals surface area contributed by atoms with Crippen LogP contribution in [0.5, 0.6) is 5.75 Å². The van der Waals surface area contributed by atoms with Crippen LogP contribution in [-0.4, -0.2) is 5.11 Å². The molecule has 0 fully saturated rings. The molecular weight excluding hydrogens is 204 g/mol. The van der Waals surface area contributed by atoms with Crippen LogP contribution in [0.15, 0.2) is 27.4 Å². The maximum atomic E-state index is 11.2. The van der Waals surface area contributed by atoms with E-state index in [0.717, 1.165) is 0 Å². The van der Waals surface area contributed by atoms with Crippen LogP contribution in [-0.2, 0) is 0 Å². The van der Waals surface area contributed by atoms with Crippen molar-refractivity contribution in [3.05, 3.63) is 39.2 Å². The van der Waals surface area contributed by atoms with E-state index in [9.17, 15) is 9.90 Å². The van der Waals surface area contributed by atoms with Crippen LogP contribution in [0.3, 0.4) is 0 Å². The molecule has 0 radical (unpaired) electrons. The zero-order chi connectivity index (χ0) is 10.3. The standard InChI is InChI=1S/C10H7ClO3/c1-5-9(11)8-6(12)3-2-4-7(8)14-10(5)13/h2-4,12H,1H3. The van der Waals surface area contributed by atoms with Gasteiger partial charge in [0.15, 0.2) is 0 Å². The molecule has 3 nitrogen and oxygen atoms in total. The Kier molecular flexibility index (Phi) is 1.97. The Bertz CT molecular complexity index is 557. The second kappa shape index (κ2) is 3.03. The average molecular weight is 211 g/mol. The van der Waals surface area contributed by atoms with Gasteiger partial charge in [-0.2, -0.15) is 0 Å². The average Bonchev–Trinajstić information content (AvgIpc) is 2.14. The Hall–Kier alpha value is -1.48. The van der Waals surface area contributed by atoms with E-state index in [1.54, 1.807) is 19.1 Å². The summed E-state index contributed by atoms with van der Waals surface area (Å²) in [6, 6.07) is 4.67. The highest BCUT2D eigenvalue weighted by Crippen LogP contribution is 2.31. The molecule has 0 saturated carbocycles. The highest BCUT2D eigenvalue weighted by molar-refractivity contribution is 6.36. The van der Waals surface area contributed by atoms with Crippen molar-refractivity contribution in [1.29, 1.82) is 0 Å². The van der Waals surface area contributed by atoms with Crippen LogP contribution < -0.4 is 5.63 Å². The maximum absolute atomic E-state index is 11.2. The van der Waals surface area contributed by atoms with E-state index in [1.165, 1.54) is 6.07 Å². The molecule has 2 rings (SSSR count). The Morgan fingerprint density at radius 1 is 1.43 bits per heavy atom. The van der Waals surface area contributed by atoms with Gasteiger partial charge in [-0.1, -0.05) is 17.7 Å². The Morgan fingerprint density at radius 2 is 2.14 bits per heavy atom. The molecule has 0 aliphatic rings.